The molecular formula is C17H28N4O2. The molecule has 2 aliphatic rings. The lowest BCUT2D eigenvalue weighted by Gasteiger charge is -2.60. The summed E-state index contributed by atoms with van der Waals surface area (Å²) in [6, 6.07) is 0.262. The fourth-order valence-electron chi connectivity index (χ4n) is 3.89. The minimum Gasteiger partial charge on any atom is -0.378 e. The van der Waals surface area contributed by atoms with Crippen LogP contribution in [0.4, 0.5) is 4.79 Å². The predicted molar refractivity (Wildman–Crippen MR) is 88.1 cm³/mol. The van der Waals surface area contributed by atoms with Crippen molar-refractivity contribution in [2.24, 2.45) is 5.41 Å². The lowest BCUT2D eigenvalue weighted by Crippen LogP contribution is -2.68. The summed E-state index contributed by atoms with van der Waals surface area (Å²) in [4.78, 5) is 16.1. The van der Waals surface area contributed by atoms with Crippen molar-refractivity contribution in [2.45, 2.75) is 64.1 Å². The molecule has 23 heavy (non-hydrogen) atoms. The van der Waals surface area contributed by atoms with Gasteiger partial charge in [-0.15, -0.1) is 0 Å². The number of nitrogens with one attached hydrogen (secondary N) is 2. The summed E-state index contributed by atoms with van der Waals surface area (Å²) in [5.74, 6) is 0. The molecule has 0 aromatic carbocycles. The second-order valence-electron chi connectivity index (χ2n) is 6.73. The number of aromatic nitrogens is 2. The van der Waals surface area contributed by atoms with E-state index in [0.29, 0.717) is 12.1 Å². The molecule has 2 N–H and O–H groups in total. The normalized spacial score (nSPS) is 24.7. The van der Waals surface area contributed by atoms with Crippen molar-refractivity contribution in [1.29, 1.82) is 0 Å². The molecule has 1 spiro atoms. The van der Waals surface area contributed by atoms with Crippen LogP contribution in [0.5, 0.6) is 0 Å². The highest BCUT2D eigenvalue weighted by Gasteiger charge is 2.59. The smallest absolute Gasteiger partial charge is 0.315 e. The van der Waals surface area contributed by atoms with Crippen LogP contribution in [-0.2, 0) is 11.3 Å². The van der Waals surface area contributed by atoms with E-state index in [0.717, 1.165) is 39.0 Å². The van der Waals surface area contributed by atoms with Gasteiger partial charge in [0.05, 0.1) is 12.4 Å². The Hall–Kier alpha value is -1.56. The molecule has 128 valence electrons. The van der Waals surface area contributed by atoms with E-state index in [2.05, 4.69) is 20.2 Å². The Bertz CT molecular complexity index is 499. The molecular weight excluding hydrogens is 292 g/mol. The lowest BCUT2D eigenvalue weighted by molar-refractivity contribution is -0.169. The number of nitrogens with zero attached hydrogens (tertiary/aromatic N) is 2. The number of imidazole rings is 1. The van der Waals surface area contributed by atoms with Gasteiger partial charge in [0.2, 0.25) is 0 Å². The Morgan fingerprint density at radius 1 is 1.43 bits per heavy atom. The number of carbonyl (C=O) groups is 1. The molecule has 2 amide bonds. The maximum Gasteiger partial charge on any atom is 0.315 e. The van der Waals surface area contributed by atoms with Crippen molar-refractivity contribution >= 4 is 6.03 Å². The predicted octanol–water partition coefficient (Wildman–Crippen LogP) is 2.31. The molecule has 2 aliphatic carbocycles. The van der Waals surface area contributed by atoms with Gasteiger partial charge in [0.25, 0.3) is 0 Å². The molecule has 2 saturated carbocycles. The van der Waals surface area contributed by atoms with E-state index in [1.54, 1.807) is 6.20 Å². The molecule has 0 saturated heterocycles. The monoisotopic (exact) mass is 320 g/mol. The minimum absolute atomic E-state index is 0.0288. The van der Waals surface area contributed by atoms with Crippen LogP contribution in [0.1, 0.15) is 45.4 Å². The SMILES string of the molecule is CCO[C@@H]1C[C@@H](NC(=O)NCCCCn2ccnc2)C12CCC2. The van der Waals surface area contributed by atoms with Gasteiger partial charge in [-0.2, -0.15) is 0 Å². The Labute approximate surface area is 138 Å². The number of unbranched alkanes of at least 4 members (excludes halogenated alkanes) is 1. The number of hydrogen-bond acceptors (Lipinski definition) is 3. The van der Waals surface area contributed by atoms with Gasteiger partial charge in [0.15, 0.2) is 0 Å². The van der Waals surface area contributed by atoms with Gasteiger partial charge in [0, 0.05) is 43.5 Å². The number of urea groups is 1. The van der Waals surface area contributed by atoms with Crippen LogP contribution in [0.3, 0.4) is 0 Å². The second kappa shape index (κ2) is 7.34. The third kappa shape index (κ3) is 3.52. The quantitative estimate of drug-likeness (QED) is 0.722. The van der Waals surface area contributed by atoms with E-state index in [4.69, 9.17) is 4.74 Å². The van der Waals surface area contributed by atoms with E-state index in [1.165, 1.54) is 19.3 Å². The number of aryl methyl sites for hydroxylation is 1. The molecule has 1 aromatic rings. The molecule has 1 heterocycles. The highest BCUT2D eigenvalue weighted by atomic mass is 16.5. The summed E-state index contributed by atoms with van der Waals surface area (Å²) in [6.07, 6.45) is 12.5. The molecule has 0 unspecified atom stereocenters. The molecule has 6 nitrogen and oxygen atoms in total. The Kier molecular flexibility index (Phi) is 5.20. The first-order valence-corrected chi connectivity index (χ1v) is 8.86. The molecule has 0 radical (unpaired) electrons. The van der Waals surface area contributed by atoms with Crippen LogP contribution in [0, 0.1) is 5.41 Å². The molecule has 0 bridgehead atoms. The maximum atomic E-state index is 12.1. The van der Waals surface area contributed by atoms with Crippen molar-refractivity contribution < 1.29 is 9.53 Å². The summed E-state index contributed by atoms with van der Waals surface area (Å²) in [5.41, 5.74) is 0.231. The average molecular weight is 320 g/mol. The van der Waals surface area contributed by atoms with Gasteiger partial charge in [0.1, 0.15) is 0 Å². The van der Waals surface area contributed by atoms with E-state index in [1.807, 2.05) is 19.4 Å². The Morgan fingerprint density at radius 3 is 2.96 bits per heavy atom. The Morgan fingerprint density at radius 2 is 2.30 bits per heavy atom. The largest absolute Gasteiger partial charge is 0.378 e. The molecule has 0 aliphatic heterocycles. The number of carbonyl (C=O) groups excluding carboxylic acids is 1. The first-order valence-electron chi connectivity index (χ1n) is 8.86. The zero-order chi connectivity index (χ0) is 16.1. The van der Waals surface area contributed by atoms with E-state index < -0.39 is 0 Å². The fourth-order valence-corrected chi connectivity index (χ4v) is 3.89. The van der Waals surface area contributed by atoms with E-state index in [-0.39, 0.29) is 11.4 Å². The van der Waals surface area contributed by atoms with Gasteiger partial charge in [-0.05, 0) is 39.0 Å². The maximum absolute atomic E-state index is 12.1. The summed E-state index contributed by atoms with van der Waals surface area (Å²) >= 11 is 0. The number of rotatable bonds is 8. The van der Waals surface area contributed by atoms with Crippen LogP contribution in [0.2, 0.25) is 0 Å². The summed E-state index contributed by atoms with van der Waals surface area (Å²) in [7, 11) is 0. The average Bonchev–Trinajstić information content (AvgIpc) is 2.97. The number of hydrogen-bond donors (Lipinski definition) is 2. The van der Waals surface area contributed by atoms with Crippen LogP contribution < -0.4 is 10.6 Å². The van der Waals surface area contributed by atoms with Crippen LogP contribution >= 0.6 is 0 Å². The van der Waals surface area contributed by atoms with Crippen LogP contribution in [0.15, 0.2) is 18.7 Å². The van der Waals surface area contributed by atoms with Crippen molar-refractivity contribution in [1.82, 2.24) is 20.2 Å². The number of amides is 2. The number of ether oxygens (including phenoxy) is 1. The van der Waals surface area contributed by atoms with Crippen LogP contribution in [0.25, 0.3) is 0 Å². The molecule has 1 aromatic heterocycles. The lowest BCUT2D eigenvalue weighted by atomic mass is 9.51. The summed E-state index contributed by atoms with van der Waals surface area (Å²) < 4.78 is 7.87. The zero-order valence-electron chi connectivity index (χ0n) is 14.0. The third-order valence-electron chi connectivity index (χ3n) is 5.43. The van der Waals surface area contributed by atoms with Gasteiger partial charge in [-0.3, -0.25) is 0 Å². The zero-order valence-corrected chi connectivity index (χ0v) is 14.0. The minimum atomic E-state index is -0.0288. The van der Waals surface area contributed by atoms with Crippen molar-refractivity contribution in [3.8, 4) is 0 Å². The van der Waals surface area contributed by atoms with Crippen molar-refractivity contribution in [2.75, 3.05) is 13.2 Å². The van der Waals surface area contributed by atoms with Gasteiger partial charge in [-0.25, -0.2) is 9.78 Å². The summed E-state index contributed by atoms with van der Waals surface area (Å²) in [6.45, 7) is 4.48. The molecule has 2 fully saturated rings. The second-order valence-corrected chi connectivity index (χ2v) is 6.73. The molecule has 2 atom stereocenters. The van der Waals surface area contributed by atoms with E-state index in [9.17, 15) is 4.79 Å². The first-order chi connectivity index (χ1) is 11.2. The highest BCUT2D eigenvalue weighted by Crippen LogP contribution is 2.57. The van der Waals surface area contributed by atoms with E-state index >= 15 is 0 Å². The van der Waals surface area contributed by atoms with Crippen molar-refractivity contribution in [3.05, 3.63) is 18.7 Å². The first kappa shape index (κ1) is 16.3. The van der Waals surface area contributed by atoms with Crippen molar-refractivity contribution in [3.63, 3.8) is 0 Å². The fraction of sp³-hybridized carbons (Fsp3) is 0.765. The van der Waals surface area contributed by atoms with Gasteiger partial charge in [-0.1, -0.05) is 6.42 Å². The standard InChI is InChI=1S/C17H28N4O2/c1-2-23-15-12-14(17(15)6-5-7-17)20-16(22)19-8-3-4-10-21-11-9-18-13-21/h9,11,13-15H,2-8,10,12H2,1H3,(H2,19,20,22)/t14-,15-/m1/s1. The topological polar surface area (TPSA) is 68.2 Å². The highest BCUT2D eigenvalue weighted by molar-refractivity contribution is 5.74. The molecule has 3 rings (SSSR count). The third-order valence-corrected chi connectivity index (χ3v) is 5.43. The Balaban J connectivity index is 1.31. The summed E-state index contributed by atoms with van der Waals surface area (Å²) in [5, 5.41) is 6.14. The van der Waals surface area contributed by atoms with Gasteiger partial charge < -0.3 is 19.9 Å². The van der Waals surface area contributed by atoms with Crippen LogP contribution in [-0.4, -0.2) is 40.9 Å². The molecule has 6 heteroatoms. The van der Waals surface area contributed by atoms with Gasteiger partial charge >= 0.3 is 6.03 Å².